The molecule has 0 spiro atoms. The van der Waals surface area contributed by atoms with E-state index in [9.17, 15) is 4.79 Å². The fraction of sp³-hybridized carbons (Fsp3) is 0.562. The van der Waals surface area contributed by atoms with E-state index in [0.717, 1.165) is 18.8 Å². The summed E-state index contributed by atoms with van der Waals surface area (Å²) in [7, 11) is 0. The number of benzene rings is 1. The van der Waals surface area contributed by atoms with Crippen molar-refractivity contribution in [3.8, 4) is 0 Å². The highest BCUT2D eigenvalue weighted by Gasteiger charge is 2.14. The molecule has 1 saturated heterocycles. The molecule has 1 amide bonds. The molecule has 1 fully saturated rings. The molecule has 1 aliphatic heterocycles. The summed E-state index contributed by atoms with van der Waals surface area (Å²) < 4.78 is 0. The van der Waals surface area contributed by atoms with E-state index in [-0.39, 0.29) is 5.91 Å². The van der Waals surface area contributed by atoms with Crippen LogP contribution in [0.15, 0.2) is 30.3 Å². The number of likely N-dealkylation sites (tertiary alicyclic amines) is 1. The van der Waals surface area contributed by atoms with Crippen molar-refractivity contribution in [3.63, 3.8) is 0 Å². The van der Waals surface area contributed by atoms with Gasteiger partial charge in [-0.3, -0.25) is 4.79 Å². The Balaban J connectivity index is 1.59. The number of nitrogens with zero attached hydrogens (tertiary/aromatic N) is 1. The number of carbonyl (C=O) groups excluding carboxylic acids is 1. The van der Waals surface area contributed by atoms with Gasteiger partial charge in [0.05, 0.1) is 6.54 Å². The van der Waals surface area contributed by atoms with Gasteiger partial charge >= 0.3 is 0 Å². The number of carbonyl (C=O) groups is 1. The normalized spacial score (nSPS) is 16.9. The van der Waals surface area contributed by atoms with Gasteiger partial charge in [-0.1, -0.05) is 25.1 Å². The second-order valence-electron chi connectivity index (χ2n) is 5.64. The largest absolute Gasteiger partial charge is 0.376 e. The van der Waals surface area contributed by atoms with Crippen molar-refractivity contribution in [1.82, 2.24) is 10.2 Å². The second-order valence-corrected chi connectivity index (χ2v) is 5.64. The van der Waals surface area contributed by atoms with Crippen molar-refractivity contribution < 1.29 is 4.79 Å². The summed E-state index contributed by atoms with van der Waals surface area (Å²) in [4.78, 5) is 14.3. The smallest absolute Gasteiger partial charge is 0.239 e. The third-order valence-electron chi connectivity index (χ3n) is 3.64. The van der Waals surface area contributed by atoms with Crippen LogP contribution in [-0.2, 0) is 4.79 Å². The Kier molecular flexibility index (Phi) is 5.87. The molecule has 1 aromatic carbocycles. The Morgan fingerprint density at radius 3 is 2.65 bits per heavy atom. The molecule has 2 rings (SSSR count). The van der Waals surface area contributed by atoms with Crippen LogP contribution >= 0.6 is 0 Å². The van der Waals surface area contributed by atoms with Gasteiger partial charge in [-0.2, -0.15) is 0 Å². The van der Waals surface area contributed by atoms with Crippen LogP contribution in [0.2, 0.25) is 0 Å². The maximum absolute atomic E-state index is 11.8. The van der Waals surface area contributed by atoms with Crippen molar-refractivity contribution in [3.05, 3.63) is 30.3 Å². The SMILES string of the molecule is CC(CNC(=O)CNc1ccccc1)CN1CCCC1. The summed E-state index contributed by atoms with van der Waals surface area (Å²) in [6, 6.07) is 9.80. The quantitative estimate of drug-likeness (QED) is 0.799. The number of hydrogen-bond donors (Lipinski definition) is 2. The third-order valence-corrected chi connectivity index (χ3v) is 3.64. The van der Waals surface area contributed by atoms with E-state index in [2.05, 4.69) is 22.5 Å². The average molecular weight is 275 g/mol. The molecule has 20 heavy (non-hydrogen) atoms. The van der Waals surface area contributed by atoms with Gasteiger partial charge in [0.25, 0.3) is 0 Å². The zero-order valence-corrected chi connectivity index (χ0v) is 12.3. The molecular formula is C16H25N3O. The molecule has 0 saturated carbocycles. The lowest BCUT2D eigenvalue weighted by Gasteiger charge is -2.20. The Morgan fingerprint density at radius 1 is 1.25 bits per heavy atom. The highest BCUT2D eigenvalue weighted by molar-refractivity contribution is 5.80. The Labute approximate surface area is 121 Å². The summed E-state index contributed by atoms with van der Waals surface area (Å²) in [5.74, 6) is 0.566. The predicted octanol–water partition coefficient (Wildman–Crippen LogP) is 1.95. The zero-order chi connectivity index (χ0) is 14.2. The molecule has 1 unspecified atom stereocenters. The Morgan fingerprint density at radius 2 is 1.95 bits per heavy atom. The van der Waals surface area contributed by atoms with Gasteiger partial charge in [-0.25, -0.2) is 0 Å². The van der Waals surface area contributed by atoms with Crippen molar-refractivity contribution in [1.29, 1.82) is 0 Å². The van der Waals surface area contributed by atoms with Crippen LogP contribution in [0.5, 0.6) is 0 Å². The first-order valence-corrected chi connectivity index (χ1v) is 7.52. The lowest BCUT2D eigenvalue weighted by molar-refractivity contribution is -0.119. The molecule has 1 atom stereocenters. The highest BCUT2D eigenvalue weighted by atomic mass is 16.1. The van der Waals surface area contributed by atoms with Gasteiger partial charge in [-0.15, -0.1) is 0 Å². The lowest BCUT2D eigenvalue weighted by Crippen LogP contribution is -2.36. The number of amides is 1. The van der Waals surface area contributed by atoms with Crippen LogP contribution in [0.1, 0.15) is 19.8 Å². The number of para-hydroxylation sites is 1. The Bertz CT molecular complexity index is 401. The van der Waals surface area contributed by atoms with Crippen molar-refractivity contribution in [2.45, 2.75) is 19.8 Å². The van der Waals surface area contributed by atoms with E-state index < -0.39 is 0 Å². The number of nitrogens with one attached hydrogen (secondary N) is 2. The van der Waals surface area contributed by atoms with Crippen LogP contribution in [0.4, 0.5) is 5.69 Å². The molecule has 0 radical (unpaired) electrons. The van der Waals surface area contributed by atoms with E-state index in [4.69, 9.17) is 0 Å². The van der Waals surface area contributed by atoms with Gasteiger partial charge in [-0.05, 0) is 44.0 Å². The number of rotatable bonds is 7. The van der Waals surface area contributed by atoms with Crippen LogP contribution in [0, 0.1) is 5.92 Å². The lowest BCUT2D eigenvalue weighted by atomic mass is 10.1. The summed E-state index contributed by atoms with van der Waals surface area (Å²) in [5.41, 5.74) is 0.979. The first-order valence-electron chi connectivity index (χ1n) is 7.52. The summed E-state index contributed by atoms with van der Waals surface area (Å²) in [6.45, 7) is 6.81. The molecular weight excluding hydrogens is 250 g/mol. The monoisotopic (exact) mass is 275 g/mol. The summed E-state index contributed by atoms with van der Waals surface area (Å²) in [6.07, 6.45) is 2.64. The first kappa shape index (κ1) is 14.9. The van der Waals surface area contributed by atoms with Crippen molar-refractivity contribution >= 4 is 11.6 Å². The van der Waals surface area contributed by atoms with E-state index in [0.29, 0.717) is 12.5 Å². The third kappa shape index (κ3) is 5.21. The second kappa shape index (κ2) is 7.90. The molecule has 1 heterocycles. The van der Waals surface area contributed by atoms with Crippen molar-refractivity contribution in [2.24, 2.45) is 5.92 Å². The molecule has 4 nitrogen and oxygen atoms in total. The fourth-order valence-electron chi connectivity index (χ4n) is 2.56. The van der Waals surface area contributed by atoms with Gasteiger partial charge < -0.3 is 15.5 Å². The van der Waals surface area contributed by atoms with Crippen LogP contribution in [0.3, 0.4) is 0 Å². The number of hydrogen-bond acceptors (Lipinski definition) is 3. The maximum Gasteiger partial charge on any atom is 0.239 e. The average Bonchev–Trinajstić information content (AvgIpc) is 2.97. The summed E-state index contributed by atoms with van der Waals surface area (Å²) >= 11 is 0. The molecule has 110 valence electrons. The topological polar surface area (TPSA) is 44.4 Å². The minimum Gasteiger partial charge on any atom is -0.376 e. The highest BCUT2D eigenvalue weighted by Crippen LogP contribution is 2.09. The van der Waals surface area contributed by atoms with Gasteiger partial charge in [0.1, 0.15) is 0 Å². The first-order chi connectivity index (χ1) is 9.74. The van der Waals surface area contributed by atoms with E-state index in [1.54, 1.807) is 0 Å². The van der Waals surface area contributed by atoms with Crippen LogP contribution < -0.4 is 10.6 Å². The molecule has 4 heteroatoms. The minimum absolute atomic E-state index is 0.0575. The van der Waals surface area contributed by atoms with E-state index in [1.807, 2.05) is 30.3 Å². The van der Waals surface area contributed by atoms with E-state index in [1.165, 1.54) is 25.9 Å². The van der Waals surface area contributed by atoms with Gasteiger partial charge in [0.15, 0.2) is 0 Å². The predicted molar refractivity (Wildman–Crippen MR) is 82.8 cm³/mol. The fourth-order valence-corrected chi connectivity index (χ4v) is 2.56. The van der Waals surface area contributed by atoms with Gasteiger partial charge in [0, 0.05) is 18.8 Å². The molecule has 1 aliphatic rings. The Hall–Kier alpha value is -1.55. The molecule has 1 aromatic rings. The zero-order valence-electron chi connectivity index (χ0n) is 12.3. The molecule has 2 N–H and O–H groups in total. The number of anilines is 1. The van der Waals surface area contributed by atoms with Crippen LogP contribution in [0.25, 0.3) is 0 Å². The molecule has 0 bridgehead atoms. The van der Waals surface area contributed by atoms with Gasteiger partial charge in [0.2, 0.25) is 5.91 Å². The maximum atomic E-state index is 11.8. The standard InChI is InChI=1S/C16H25N3O/c1-14(13-19-9-5-6-10-19)11-18-16(20)12-17-15-7-3-2-4-8-15/h2-4,7-8,14,17H,5-6,9-13H2,1H3,(H,18,20). The minimum atomic E-state index is 0.0575. The van der Waals surface area contributed by atoms with E-state index >= 15 is 0 Å². The molecule has 0 aromatic heterocycles. The van der Waals surface area contributed by atoms with Crippen molar-refractivity contribution in [2.75, 3.05) is 38.0 Å². The summed E-state index contributed by atoms with van der Waals surface area (Å²) in [5, 5.41) is 6.12. The molecule has 0 aliphatic carbocycles. The van der Waals surface area contributed by atoms with Crippen LogP contribution in [-0.4, -0.2) is 43.5 Å².